The number of carboxylic acid groups (broad SMARTS) is 1. The summed E-state index contributed by atoms with van der Waals surface area (Å²) in [6.07, 6.45) is 0.581. The third-order valence-corrected chi connectivity index (χ3v) is 6.59. The number of carbonyl (C=O) groups is 3. The molecular formula is C13H12N5NaO4S2. The van der Waals surface area contributed by atoms with Crippen LogP contribution in [0.15, 0.2) is 14.9 Å². The molecule has 126 valence electrons. The molecule has 0 aromatic carbocycles. The van der Waals surface area contributed by atoms with Gasteiger partial charge in [0.1, 0.15) is 6.04 Å². The van der Waals surface area contributed by atoms with Crippen LogP contribution in [0.3, 0.4) is 0 Å². The van der Waals surface area contributed by atoms with Crippen LogP contribution < -0.4 is 40.4 Å². The number of piperidine rings is 1. The van der Waals surface area contributed by atoms with Crippen LogP contribution in [0.5, 0.6) is 0 Å². The molecule has 0 spiro atoms. The zero-order valence-electron chi connectivity index (χ0n) is 13.5. The van der Waals surface area contributed by atoms with Gasteiger partial charge in [-0.3, -0.25) is 9.59 Å². The van der Waals surface area contributed by atoms with Crippen LogP contribution in [0.1, 0.15) is 13.3 Å². The Kier molecular flexibility index (Phi) is 4.88. The molecule has 0 saturated carbocycles. The molecule has 3 atom stereocenters. The second-order valence-corrected chi connectivity index (χ2v) is 8.06. The van der Waals surface area contributed by atoms with Crippen molar-refractivity contribution in [1.82, 2.24) is 20.0 Å². The fourth-order valence-corrected chi connectivity index (χ4v) is 5.66. The molecule has 9 nitrogen and oxygen atoms in total. The monoisotopic (exact) mass is 389 g/mol. The van der Waals surface area contributed by atoms with E-state index in [1.54, 1.807) is 0 Å². The predicted octanol–water partition coefficient (Wildman–Crippen LogP) is -4.36. The molecule has 3 aliphatic rings. The van der Waals surface area contributed by atoms with E-state index in [1.165, 1.54) is 16.7 Å². The first-order chi connectivity index (χ1) is 11.4. The normalized spacial score (nSPS) is 26.9. The van der Waals surface area contributed by atoms with Gasteiger partial charge in [0.2, 0.25) is 11.0 Å². The van der Waals surface area contributed by atoms with Crippen molar-refractivity contribution in [3.05, 3.63) is 10.6 Å². The molecule has 1 aromatic heterocycles. The maximum absolute atomic E-state index is 12.4. The summed E-state index contributed by atoms with van der Waals surface area (Å²) >= 11 is 2.31. The summed E-state index contributed by atoms with van der Waals surface area (Å²) in [4.78, 5) is 39.1. The molecule has 0 radical (unpaired) electrons. The molecule has 12 heteroatoms. The molecule has 2 N–H and O–H groups in total. The third-order valence-electron chi connectivity index (χ3n) is 4.57. The Balaban J connectivity index is 0.00000182. The van der Waals surface area contributed by atoms with E-state index in [4.69, 9.17) is 5.73 Å². The van der Waals surface area contributed by atoms with Crippen molar-refractivity contribution < 1.29 is 49.0 Å². The minimum atomic E-state index is -1.40. The van der Waals surface area contributed by atoms with Gasteiger partial charge >= 0.3 is 29.6 Å². The van der Waals surface area contributed by atoms with Crippen molar-refractivity contribution in [2.45, 2.75) is 29.8 Å². The minimum Gasteiger partial charge on any atom is -0.543 e. The van der Waals surface area contributed by atoms with Gasteiger partial charge in [-0.05, 0) is 6.42 Å². The van der Waals surface area contributed by atoms with Gasteiger partial charge in [-0.2, -0.15) is 0 Å². The van der Waals surface area contributed by atoms with Crippen molar-refractivity contribution in [1.29, 1.82) is 0 Å². The van der Waals surface area contributed by atoms with Crippen LogP contribution in [0.2, 0.25) is 0 Å². The number of hydrogen-bond donors (Lipinski definition) is 1. The largest absolute Gasteiger partial charge is 1.00 e. The number of amides is 2. The summed E-state index contributed by atoms with van der Waals surface area (Å²) in [5.41, 5.74) is 5.45. The van der Waals surface area contributed by atoms with Crippen LogP contribution >= 0.6 is 23.1 Å². The first-order valence-corrected chi connectivity index (χ1v) is 8.86. The van der Waals surface area contributed by atoms with E-state index in [9.17, 15) is 19.5 Å². The van der Waals surface area contributed by atoms with Crippen molar-refractivity contribution in [2.75, 3.05) is 12.3 Å². The van der Waals surface area contributed by atoms with Crippen LogP contribution in [0, 0.1) is 5.92 Å². The molecule has 2 amide bonds. The average molecular weight is 389 g/mol. The first kappa shape index (κ1) is 18.6. The molecule has 1 aromatic rings. The number of nitrogen functional groups attached to an aromatic ring is 1. The number of rotatable bonds is 3. The number of aliphatic carboxylic acids is 1. The molecule has 25 heavy (non-hydrogen) atoms. The van der Waals surface area contributed by atoms with Gasteiger partial charge in [0.15, 0.2) is 4.34 Å². The van der Waals surface area contributed by atoms with Gasteiger partial charge in [0.05, 0.1) is 17.7 Å². The zero-order valence-corrected chi connectivity index (χ0v) is 17.1. The van der Waals surface area contributed by atoms with E-state index in [2.05, 4.69) is 10.2 Å². The topological polar surface area (TPSA) is 133 Å². The van der Waals surface area contributed by atoms with E-state index < -0.39 is 12.0 Å². The number of likely N-dealkylation sites (tertiary alicyclic amines) is 1. The molecule has 2 saturated heterocycles. The van der Waals surface area contributed by atoms with E-state index in [0.29, 0.717) is 22.2 Å². The van der Waals surface area contributed by atoms with Crippen LogP contribution in [0.4, 0.5) is 5.13 Å². The van der Waals surface area contributed by atoms with E-state index >= 15 is 0 Å². The Morgan fingerprint density at radius 3 is 2.68 bits per heavy atom. The number of β-lactam (4-membered cyclic amide) rings is 1. The van der Waals surface area contributed by atoms with E-state index in [-0.39, 0.29) is 64.2 Å². The maximum atomic E-state index is 12.4. The molecule has 2 fully saturated rings. The number of aromatic nitrogens is 2. The molecule has 4 heterocycles. The number of hydrogen-bond acceptors (Lipinski definition) is 9. The number of thioether (sulfide) groups is 1. The van der Waals surface area contributed by atoms with Crippen LogP contribution in [-0.4, -0.2) is 56.4 Å². The van der Waals surface area contributed by atoms with Gasteiger partial charge < -0.3 is 25.4 Å². The van der Waals surface area contributed by atoms with Gasteiger partial charge in [-0.25, -0.2) is 0 Å². The quantitative estimate of drug-likeness (QED) is 0.405. The summed E-state index contributed by atoms with van der Waals surface area (Å²) in [6.45, 7) is 1.83. The Bertz CT molecular complexity index is 812. The fourth-order valence-electron chi connectivity index (χ4n) is 3.67. The number of anilines is 1. The first-order valence-electron chi connectivity index (χ1n) is 7.22. The van der Waals surface area contributed by atoms with Crippen LogP contribution in [-0.2, 0) is 14.4 Å². The third kappa shape index (κ3) is 2.69. The molecule has 3 aliphatic heterocycles. The summed E-state index contributed by atoms with van der Waals surface area (Å²) in [6, 6.07) is -0.927. The smallest absolute Gasteiger partial charge is 0.543 e. The van der Waals surface area contributed by atoms with Crippen molar-refractivity contribution in [3.8, 4) is 0 Å². The van der Waals surface area contributed by atoms with Crippen molar-refractivity contribution in [3.63, 3.8) is 0 Å². The molecule has 0 bridgehead atoms. The summed E-state index contributed by atoms with van der Waals surface area (Å²) in [5.74, 6) is -2.09. The summed E-state index contributed by atoms with van der Waals surface area (Å²) in [5, 5.41) is 19.5. The minimum absolute atomic E-state index is 0. The van der Waals surface area contributed by atoms with Gasteiger partial charge in [-0.15, -0.1) is 10.2 Å². The van der Waals surface area contributed by atoms with E-state index in [0.717, 1.165) is 23.1 Å². The van der Waals surface area contributed by atoms with Crippen LogP contribution in [0.25, 0.3) is 0 Å². The molecule has 0 aliphatic carbocycles. The standard InChI is InChI=1S/C13H13N5O4S2.Na/c1-4(19)17-3-2-5-6-7(17)10(20)18(6)8(11(21)22)9(5)23-13-16-15-12(14)24-13;/h5-7H,2-3H2,1H3,(H2,14,15)(H,21,22);/q;+1/p-1/t5?,6-,7+;/m1./s1. The van der Waals surface area contributed by atoms with Gasteiger partial charge in [0.25, 0.3) is 5.91 Å². The van der Waals surface area contributed by atoms with E-state index in [1.807, 2.05) is 0 Å². The summed E-state index contributed by atoms with van der Waals surface area (Å²) in [7, 11) is 0. The molecule has 1 unspecified atom stereocenters. The van der Waals surface area contributed by atoms with Crippen molar-refractivity contribution in [2.24, 2.45) is 5.92 Å². The Morgan fingerprint density at radius 2 is 2.12 bits per heavy atom. The Morgan fingerprint density at radius 1 is 1.40 bits per heavy atom. The maximum Gasteiger partial charge on any atom is 1.00 e. The molecular weight excluding hydrogens is 377 g/mol. The Labute approximate surface area is 172 Å². The van der Waals surface area contributed by atoms with Crippen molar-refractivity contribution >= 4 is 46.0 Å². The molecule has 4 rings (SSSR count). The number of nitrogens with zero attached hydrogens (tertiary/aromatic N) is 4. The average Bonchev–Trinajstić information content (AvgIpc) is 3.07. The number of carbonyl (C=O) groups excluding carboxylic acids is 3. The second kappa shape index (κ2) is 6.54. The predicted molar refractivity (Wildman–Crippen MR) is 82.1 cm³/mol. The SMILES string of the molecule is CC(=O)N1CCC2C(Sc3nnc(N)s3)=C(C(=O)[O-])N3C(=O)[C@@H]1[C@@H]23.[Na+]. The Hall–Kier alpha value is -1.14. The van der Waals surface area contributed by atoms with Gasteiger partial charge in [0, 0.05) is 24.3 Å². The second-order valence-electron chi connectivity index (χ2n) is 5.76. The zero-order chi connectivity index (χ0) is 17.2. The summed E-state index contributed by atoms with van der Waals surface area (Å²) < 4.78 is 0.516. The fraction of sp³-hybridized carbons (Fsp3) is 0.462. The number of carboxylic acids is 1. The van der Waals surface area contributed by atoms with Gasteiger partial charge in [-0.1, -0.05) is 23.1 Å². The number of nitrogens with two attached hydrogens (primary N) is 1.